The van der Waals surface area contributed by atoms with Crippen LogP contribution in [0.4, 0.5) is 4.79 Å². The largest absolute Gasteiger partial charge is 0.491 e. The highest BCUT2D eigenvalue weighted by molar-refractivity contribution is 8.18. The number of carbonyl (C=O) groups is 2. The van der Waals surface area contributed by atoms with E-state index in [0.29, 0.717) is 16.9 Å². The molecule has 2 aromatic carbocycles. The second kappa shape index (κ2) is 9.04. The Kier molecular flexibility index (Phi) is 6.19. The van der Waals surface area contributed by atoms with Crippen LogP contribution in [-0.2, 0) is 4.79 Å². The van der Waals surface area contributed by atoms with Crippen molar-refractivity contribution >= 4 is 40.0 Å². The fourth-order valence-corrected chi connectivity index (χ4v) is 4.37. The number of nitrogens with zero attached hydrogens (tertiary/aromatic N) is 1. The summed E-state index contributed by atoms with van der Waals surface area (Å²) in [5.41, 5.74) is 2.60. The van der Waals surface area contributed by atoms with Gasteiger partial charge in [0.2, 0.25) is 0 Å². The molecule has 4 rings (SSSR count). The van der Waals surface area contributed by atoms with E-state index in [9.17, 15) is 14.4 Å². The number of carbonyl (C=O) groups excluding carboxylic acids is 2. The molecule has 2 amide bonds. The molecule has 0 radical (unpaired) electrons. The van der Waals surface area contributed by atoms with Gasteiger partial charge >= 0.3 is 0 Å². The first-order valence-corrected chi connectivity index (χ1v) is 11.2. The van der Waals surface area contributed by atoms with Crippen LogP contribution in [-0.4, -0.2) is 29.2 Å². The molecule has 0 unspecified atom stereocenters. The highest BCUT2D eigenvalue weighted by Crippen LogP contribution is 2.32. The zero-order valence-electron chi connectivity index (χ0n) is 18.1. The van der Waals surface area contributed by atoms with E-state index in [1.807, 2.05) is 25.1 Å². The number of imide groups is 1. The fourth-order valence-electron chi connectivity index (χ4n) is 3.52. The molecule has 1 fully saturated rings. The van der Waals surface area contributed by atoms with Crippen molar-refractivity contribution in [3.05, 3.63) is 80.5 Å². The Morgan fingerprint density at radius 3 is 2.69 bits per heavy atom. The van der Waals surface area contributed by atoms with Gasteiger partial charge in [0.25, 0.3) is 11.1 Å². The van der Waals surface area contributed by atoms with E-state index in [1.165, 1.54) is 12.3 Å². The normalized spacial score (nSPS) is 15.4. The highest BCUT2D eigenvalue weighted by Gasteiger charge is 2.35. The molecule has 3 aromatic rings. The molecule has 7 heteroatoms. The summed E-state index contributed by atoms with van der Waals surface area (Å²) in [6.45, 7) is 6.47. The van der Waals surface area contributed by atoms with Gasteiger partial charge in [-0.2, -0.15) is 0 Å². The number of rotatable bonds is 6. The zero-order chi connectivity index (χ0) is 22.8. The summed E-state index contributed by atoms with van der Waals surface area (Å²) in [6.07, 6.45) is 2.73. The molecule has 1 aliphatic heterocycles. The van der Waals surface area contributed by atoms with Crippen LogP contribution >= 0.6 is 11.8 Å². The van der Waals surface area contributed by atoms with E-state index in [1.54, 1.807) is 24.3 Å². The topological polar surface area (TPSA) is 76.8 Å². The van der Waals surface area contributed by atoms with E-state index in [0.717, 1.165) is 33.5 Å². The quantitative estimate of drug-likeness (QED) is 0.473. The van der Waals surface area contributed by atoms with E-state index < -0.39 is 5.91 Å². The van der Waals surface area contributed by atoms with Gasteiger partial charge in [-0.15, -0.1) is 0 Å². The minimum Gasteiger partial charge on any atom is -0.491 e. The van der Waals surface area contributed by atoms with Crippen molar-refractivity contribution in [2.75, 3.05) is 13.2 Å². The standard InChI is InChI=1S/C25H23NO5S/c1-15(2)18-9-8-16(3)12-21(18)30-11-10-26-24(28)22(32-25(26)29)13-17-14-31-20-7-5-4-6-19(20)23(17)27/h4-9,12-15H,10-11H2,1-3H3/b22-13-. The maximum absolute atomic E-state index is 12.8. The van der Waals surface area contributed by atoms with Crippen molar-refractivity contribution in [2.24, 2.45) is 0 Å². The summed E-state index contributed by atoms with van der Waals surface area (Å²) in [5, 5.41) is 0.0383. The first-order chi connectivity index (χ1) is 15.3. The molecule has 0 saturated carbocycles. The molecule has 1 aromatic heterocycles. The zero-order valence-corrected chi connectivity index (χ0v) is 18.9. The molecule has 0 bridgehead atoms. The van der Waals surface area contributed by atoms with Gasteiger partial charge < -0.3 is 9.15 Å². The number of thioether (sulfide) groups is 1. The first-order valence-electron chi connectivity index (χ1n) is 10.3. The molecule has 164 valence electrons. The van der Waals surface area contributed by atoms with Gasteiger partial charge in [-0.25, -0.2) is 0 Å². The Morgan fingerprint density at radius 2 is 1.91 bits per heavy atom. The molecular weight excluding hydrogens is 426 g/mol. The average molecular weight is 450 g/mol. The Labute approximate surface area is 189 Å². The highest BCUT2D eigenvalue weighted by atomic mass is 32.2. The van der Waals surface area contributed by atoms with Gasteiger partial charge in [-0.1, -0.05) is 38.1 Å². The van der Waals surface area contributed by atoms with Crippen LogP contribution in [0.15, 0.2) is 62.8 Å². The number of para-hydroxylation sites is 1. The molecule has 0 N–H and O–H groups in total. The molecule has 0 aliphatic carbocycles. The lowest BCUT2D eigenvalue weighted by atomic mass is 10.0. The SMILES string of the molecule is Cc1ccc(C(C)C)c(OCCN2C(=O)S/C(=C\c3coc4ccccc4c3=O)C2=O)c1. The molecule has 32 heavy (non-hydrogen) atoms. The van der Waals surface area contributed by atoms with Gasteiger partial charge in [0.15, 0.2) is 5.43 Å². The maximum atomic E-state index is 12.8. The number of hydrogen-bond donors (Lipinski definition) is 0. The molecule has 1 saturated heterocycles. The summed E-state index contributed by atoms with van der Waals surface area (Å²) in [7, 11) is 0. The number of fused-ring (bicyclic) bond motifs is 1. The van der Waals surface area contributed by atoms with E-state index in [-0.39, 0.29) is 34.3 Å². The lowest BCUT2D eigenvalue weighted by Crippen LogP contribution is -2.32. The number of hydrogen-bond acceptors (Lipinski definition) is 6. The van der Waals surface area contributed by atoms with E-state index in [2.05, 4.69) is 13.8 Å². The summed E-state index contributed by atoms with van der Waals surface area (Å²) < 4.78 is 11.4. The van der Waals surface area contributed by atoms with Crippen molar-refractivity contribution < 1.29 is 18.7 Å². The van der Waals surface area contributed by atoms with Crippen molar-refractivity contribution in [2.45, 2.75) is 26.7 Å². The van der Waals surface area contributed by atoms with Crippen molar-refractivity contribution in [3.63, 3.8) is 0 Å². The van der Waals surface area contributed by atoms with Crippen molar-refractivity contribution in [1.29, 1.82) is 0 Å². The van der Waals surface area contributed by atoms with Crippen LogP contribution in [0.3, 0.4) is 0 Å². The molecule has 0 spiro atoms. The maximum Gasteiger partial charge on any atom is 0.293 e. The average Bonchev–Trinajstić information content (AvgIpc) is 3.03. The lowest BCUT2D eigenvalue weighted by molar-refractivity contribution is -0.123. The van der Waals surface area contributed by atoms with Gasteiger partial charge in [0.1, 0.15) is 24.2 Å². The Balaban J connectivity index is 1.49. The van der Waals surface area contributed by atoms with Crippen LogP contribution in [0.25, 0.3) is 17.0 Å². The Hall–Kier alpha value is -3.32. The number of amides is 2. The summed E-state index contributed by atoms with van der Waals surface area (Å²) in [4.78, 5) is 39.2. The monoisotopic (exact) mass is 449 g/mol. The predicted molar refractivity (Wildman–Crippen MR) is 126 cm³/mol. The van der Waals surface area contributed by atoms with Crippen LogP contribution in [0, 0.1) is 6.92 Å². The third kappa shape index (κ3) is 4.34. The lowest BCUT2D eigenvalue weighted by Gasteiger charge is -2.17. The van der Waals surface area contributed by atoms with Gasteiger partial charge in [-0.3, -0.25) is 19.3 Å². The van der Waals surface area contributed by atoms with Gasteiger partial charge in [0, 0.05) is 0 Å². The van der Waals surface area contributed by atoms with Crippen molar-refractivity contribution in [1.82, 2.24) is 4.90 Å². The van der Waals surface area contributed by atoms with E-state index in [4.69, 9.17) is 9.15 Å². The molecule has 2 heterocycles. The number of benzene rings is 2. The second-order valence-electron chi connectivity index (χ2n) is 7.89. The Morgan fingerprint density at radius 1 is 1.12 bits per heavy atom. The van der Waals surface area contributed by atoms with Crippen molar-refractivity contribution in [3.8, 4) is 5.75 Å². The van der Waals surface area contributed by atoms with Gasteiger partial charge in [0.05, 0.1) is 22.4 Å². The molecular formula is C25H23NO5S. The predicted octanol–water partition coefficient (Wildman–Crippen LogP) is 5.34. The van der Waals surface area contributed by atoms with E-state index >= 15 is 0 Å². The Bertz CT molecular complexity index is 1290. The van der Waals surface area contributed by atoms with Crippen LogP contribution in [0.5, 0.6) is 5.75 Å². The van der Waals surface area contributed by atoms with Crippen LogP contribution in [0.1, 0.15) is 36.5 Å². The third-order valence-corrected chi connectivity index (χ3v) is 6.14. The summed E-state index contributed by atoms with van der Waals surface area (Å²) in [6, 6.07) is 12.9. The second-order valence-corrected chi connectivity index (χ2v) is 8.89. The summed E-state index contributed by atoms with van der Waals surface area (Å²) in [5.74, 6) is 0.611. The number of aryl methyl sites for hydroxylation is 1. The smallest absolute Gasteiger partial charge is 0.293 e. The molecule has 6 nitrogen and oxygen atoms in total. The fraction of sp³-hybridized carbons (Fsp3) is 0.240. The summed E-state index contributed by atoms with van der Waals surface area (Å²) >= 11 is 0.810. The first kappa shape index (κ1) is 21.9. The minimum atomic E-state index is -0.440. The van der Waals surface area contributed by atoms with Gasteiger partial charge in [-0.05, 0) is 60.0 Å². The van der Waals surface area contributed by atoms with Crippen LogP contribution < -0.4 is 10.2 Å². The van der Waals surface area contributed by atoms with Crippen LogP contribution in [0.2, 0.25) is 0 Å². The number of ether oxygens (including phenoxy) is 1. The third-order valence-electron chi connectivity index (χ3n) is 5.23. The minimum absolute atomic E-state index is 0.125. The molecule has 1 aliphatic rings. The molecule has 0 atom stereocenters.